The summed E-state index contributed by atoms with van der Waals surface area (Å²) in [4.78, 5) is 12.2. The van der Waals surface area contributed by atoms with E-state index in [4.69, 9.17) is 25.2 Å². The molecule has 4 aromatic rings. The Morgan fingerprint density at radius 1 is 1.06 bits per heavy atom. The van der Waals surface area contributed by atoms with Gasteiger partial charge < -0.3 is 25.4 Å². The summed E-state index contributed by atoms with van der Waals surface area (Å²) in [7, 11) is 0. The molecule has 2 aromatic carbocycles. The van der Waals surface area contributed by atoms with Crippen LogP contribution < -0.4 is 11.1 Å². The van der Waals surface area contributed by atoms with Gasteiger partial charge in [-0.1, -0.05) is 36.4 Å². The van der Waals surface area contributed by atoms with Gasteiger partial charge in [0.15, 0.2) is 6.23 Å². The summed E-state index contributed by atoms with van der Waals surface area (Å²) in [6.07, 6.45) is 3.53. The fourth-order valence-electron chi connectivity index (χ4n) is 5.04. The molecule has 190 valence electrons. The van der Waals surface area contributed by atoms with Gasteiger partial charge in [0.1, 0.15) is 0 Å². The highest BCUT2D eigenvalue weighted by Crippen LogP contribution is 2.33. The second kappa shape index (κ2) is 11.8. The van der Waals surface area contributed by atoms with Crippen LogP contribution in [0, 0.1) is 0 Å². The number of anilines is 1. The number of aromatic nitrogens is 3. The Kier molecular flexibility index (Phi) is 8.08. The van der Waals surface area contributed by atoms with Crippen LogP contribution in [-0.2, 0) is 9.47 Å². The van der Waals surface area contributed by atoms with Gasteiger partial charge in [-0.25, -0.2) is 4.98 Å². The molecule has 1 saturated heterocycles. The molecule has 8 heteroatoms. The van der Waals surface area contributed by atoms with Crippen LogP contribution in [0.25, 0.3) is 21.9 Å². The van der Waals surface area contributed by atoms with Crippen molar-refractivity contribution in [2.24, 2.45) is 5.73 Å². The summed E-state index contributed by atoms with van der Waals surface area (Å²) in [6, 6.07) is 18.9. The lowest BCUT2D eigenvalue weighted by atomic mass is 10.1. The normalized spacial score (nSPS) is 16.1. The van der Waals surface area contributed by atoms with Crippen molar-refractivity contribution in [3.63, 3.8) is 0 Å². The van der Waals surface area contributed by atoms with Gasteiger partial charge in [-0.2, -0.15) is 0 Å². The Bertz CT molecular complexity index is 1260. The van der Waals surface area contributed by atoms with E-state index in [1.54, 1.807) is 0 Å². The molecule has 0 spiro atoms. The number of nitrogens with zero attached hydrogens (tertiary/aromatic N) is 4. The number of ether oxygens (including phenoxy) is 2. The lowest BCUT2D eigenvalue weighted by Crippen LogP contribution is -2.41. The largest absolute Gasteiger partial charge is 0.379 e. The Labute approximate surface area is 212 Å². The minimum Gasteiger partial charge on any atom is -0.379 e. The molecule has 8 nitrogen and oxygen atoms in total. The summed E-state index contributed by atoms with van der Waals surface area (Å²) < 4.78 is 14.4. The zero-order valence-electron chi connectivity index (χ0n) is 21.0. The van der Waals surface area contributed by atoms with Crippen LogP contribution in [0.5, 0.6) is 0 Å². The molecule has 3 N–H and O–H groups in total. The van der Waals surface area contributed by atoms with E-state index < -0.39 is 6.23 Å². The number of piperidine rings is 1. The Morgan fingerprint density at radius 3 is 2.72 bits per heavy atom. The summed E-state index contributed by atoms with van der Waals surface area (Å²) in [5.41, 5.74) is 9.67. The van der Waals surface area contributed by atoms with Crippen molar-refractivity contribution in [2.45, 2.75) is 32.0 Å². The number of nitrogens with one attached hydrogen (secondary N) is 1. The van der Waals surface area contributed by atoms with Crippen molar-refractivity contribution < 1.29 is 9.47 Å². The summed E-state index contributed by atoms with van der Waals surface area (Å²) in [6.45, 7) is 7.38. The zero-order chi connectivity index (χ0) is 24.7. The van der Waals surface area contributed by atoms with Gasteiger partial charge in [-0.3, -0.25) is 9.55 Å². The summed E-state index contributed by atoms with van der Waals surface area (Å²) >= 11 is 0. The van der Waals surface area contributed by atoms with Gasteiger partial charge in [0.25, 0.3) is 0 Å². The first-order chi connectivity index (χ1) is 17.8. The maximum absolute atomic E-state index is 6.57. The van der Waals surface area contributed by atoms with Crippen LogP contribution in [0.15, 0.2) is 60.8 Å². The summed E-state index contributed by atoms with van der Waals surface area (Å²) in [5.74, 6) is 0.822. The molecule has 0 bridgehead atoms. The molecular weight excluding hydrogens is 452 g/mol. The Balaban J connectivity index is 1.54. The first-order valence-corrected chi connectivity index (χ1v) is 13.0. The maximum Gasteiger partial charge on any atom is 0.206 e. The molecule has 0 radical (unpaired) electrons. The molecule has 2 aromatic heterocycles. The molecule has 5 rings (SSSR count). The van der Waals surface area contributed by atoms with Crippen LogP contribution in [0.1, 0.15) is 31.6 Å². The number of likely N-dealkylation sites (tertiary alicyclic amines) is 1. The maximum atomic E-state index is 6.57. The molecule has 1 fully saturated rings. The monoisotopic (exact) mass is 488 g/mol. The number of pyridine rings is 1. The SMILES string of the molecule is CCOCCOC(c1cccc2cccnc12)n1c(NC2CCN(CCN)CC2)nc2ccccc21. The highest BCUT2D eigenvalue weighted by Gasteiger charge is 2.26. The zero-order valence-corrected chi connectivity index (χ0v) is 21.0. The van der Waals surface area contributed by atoms with E-state index in [2.05, 4.69) is 51.2 Å². The topological polar surface area (TPSA) is 90.5 Å². The van der Waals surface area contributed by atoms with E-state index in [0.717, 1.165) is 65.9 Å². The molecule has 1 atom stereocenters. The van der Waals surface area contributed by atoms with Gasteiger partial charge in [0.05, 0.1) is 29.8 Å². The van der Waals surface area contributed by atoms with E-state index in [0.29, 0.717) is 32.4 Å². The molecule has 36 heavy (non-hydrogen) atoms. The molecule has 0 aliphatic carbocycles. The third-order valence-corrected chi connectivity index (χ3v) is 6.83. The van der Waals surface area contributed by atoms with E-state index in [1.165, 1.54) is 0 Å². The number of para-hydroxylation sites is 3. The van der Waals surface area contributed by atoms with Gasteiger partial charge in [0.2, 0.25) is 5.95 Å². The minimum atomic E-state index is -0.406. The lowest BCUT2D eigenvalue weighted by molar-refractivity contribution is -0.00389. The van der Waals surface area contributed by atoms with E-state index in [1.807, 2.05) is 31.3 Å². The molecule has 1 aliphatic rings. The van der Waals surface area contributed by atoms with Crippen molar-refractivity contribution >= 4 is 27.9 Å². The van der Waals surface area contributed by atoms with E-state index >= 15 is 0 Å². The van der Waals surface area contributed by atoms with Gasteiger partial charge in [0, 0.05) is 56.0 Å². The van der Waals surface area contributed by atoms with Crippen LogP contribution in [0.2, 0.25) is 0 Å². The number of rotatable bonds is 11. The van der Waals surface area contributed by atoms with Crippen molar-refractivity contribution in [1.29, 1.82) is 0 Å². The molecule has 1 aliphatic heterocycles. The number of hydrogen-bond acceptors (Lipinski definition) is 7. The van der Waals surface area contributed by atoms with Gasteiger partial charge in [-0.15, -0.1) is 0 Å². The molecule has 0 saturated carbocycles. The predicted molar refractivity (Wildman–Crippen MR) is 144 cm³/mol. The lowest BCUT2D eigenvalue weighted by Gasteiger charge is -2.33. The standard InChI is InChI=1S/C28H36N6O2/c1-2-35-19-20-36-27(23-9-5-7-21-8-6-15-30-26(21)23)34-25-11-4-3-10-24(25)32-28(34)31-22-12-16-33(17-13-22)18-14-29/h3-11,15,22,27H,2,12-14,16-20,29H2,1H3,(H,31,32). The number of imidazole rings is 1. The van der Waals surface area contributed by atoms with Crippen LogP contribution in [-0.4, -0.2) is 71.5 Å². The number of nitrogens with two attached hydrogens (primary N) is 1. The van der Waals surface area contributed by atoms with Gasteiger partial charge in [-0.05, 0) is 38.0 Å². The van der Waals surface area contributed by atoms with Crippen molar-refractivity contribution in [1.82, 2.24) is 19.4 Å². The van der Waals surface area contributed by atoms with Crippen LogP contribution >= 0.6 is 0 Å². The third-order valence-electron chi connectivity index (χ3n) is 6.83. The quantitative estimate of drug-likeness (QED) is 0.308. The summed E-state index contributed by atoms with van der Waals surface area (Å²) in [5, 5.41) is 4.85. The first-order valence-electron chi connectivity index (χ1n) is 13.0. The number of benzene rings is 2. The van der Waals surface area contributed by atoms with Crippen molar-refractivity contribution in [2.75, 3.05) is 51.3 Å². The average molecular weight is 489 g/mol. The second-order valence-electron chi connectivity index (χ2n) is 9.19. The highest BCUT2D eigenvalue weighted by molar-refractivity contribution is 5.83. The van der Waals surface area contributed by atoms with Gasteiger partial charge >= 0.3 is 0 Å². The minimum absolute atomic E-state index is 0.337. The fraction of sp³-hybridized carbons (Fsp3) is 0.429. The molecule has 1 unspecified atom stereocenters. The Hall–Kier alpha value is -3.04. The average Bonchev–Trinajstić information content (AvgIpc) is 3.27. The van der Waals surface area contributed by atoms with Crippen molar-refractivity contribution in [3.8, 4) is 0 Å². The third kappa shape index (κ3) is 5.37. The molecular formula is C28H36N6O2. The number of hydrogen-bond donors (Lipinski definition) is 2. The molecule has 0 amide bonds. The fourth-order valence-corrected chi connectivity index (χ4v) is 5.04. The first kappa shape index (κ1) is 24.6. The second-order valence-corrected chi connectivity index (χ2v) is 9.19. The van der Waals surface area contributed by atoms with Crippen molar-refractivity contribution in [3.05, 3.63) is 66.4 Å². The van der Waals surface area contributed by atoms with Crippen LogP contribution in [0.4, 0.5) is 5.95 Å². The number of fused-ring (bicyclic) bond motifs is 2. The van der Waals surface area contributed by atoms with E-state index in [-0.39, 0.29) is 0 Å². The van der Waals surface area contributed by atoms with Crippen LogP contribution in [0.3, 0.4) is 0 Å². The van der Waals surface area contributed by atoms with E-state index in [9.17, 15) is 0 Å². The Morgan fingerprint density at radius 2 is 1.89 bits per heavy atom. The highest BCUT2D eigenvalue weighted by atomic mass is 16.5. The predicted octanol–water partition coefficient (Wildman–Crippen LogP) is 4.02. The molecule has 3 heterocycles. The smallest absolute Gasteiger partial charge is 0.206 e.